The molecular formula is C8H12O3S. The highest BCUT2D eigenvalue weighted by Crippen LogP contribution is 2.20. The van der Waals surface area contributed by atoms with Crippen LogP contribution in [0.4, 0.5) is 0 Å². The molecule has 0 bridgehead atoms. The van der Waals surface area contributed by atoms with Crippen LogP contribution < -0.4 is 0 Å². The summed E-state index contributed by atoms with van der Waals surface area (Å²) in [5.74, 6) is 0.372. The lowest BCUT2D eigenvalue weighted by molar-refractivity contribution is -0.151. The summed E-state index contributed by atoms with van der Waals surface area (Å²) < 4.78 is 4.86. The Hall–Kier alpha value is -0.510. The van der Waals surface area contributed by atoms with Crippen LogP contribution in [0.1, 0.15) is 19.8 Å². The number of hydrogen-bond acceptors (Lipinski definition) is 4. The lowest BCUT2D eigenvalue weighted by Crippen LogP contribution is -2.26. The van der Waals surface area contributed by atoms with E-state index in [1.807, 2.05) is 0 Å². The zero-order chi connectivity index (χ0) is 8.97. The number of carbonyl (C=O) groups is 2. The molecule has 1 aliphatic rings. The van der Waals surface area contributed by atoms with Crippen LogP contribution in [0, 0.1) is 5.92 Å². The van der Waals surface area contributed by atoms with E-state index in [1.165, 1.54) is 18.7 Å². The molecule has 0 spiro atoms. The second-order valence-electron chi connectivity index (χ2n) is 2.81. The molecule has 1 saturated heterocycles. The molecular weight excluding hydrogens is 176 g/mol. The van der Waals surface area contributed by atoms with E-state index in [9.17, 15) is 9.59 Å². The number of ether oxygens (including phenoxy) is 1. The zero-order valence-electron chi connectivity index (χ0n) is 7.04. The molecule has 1 rings (SSSR count). The number of cyclic esters (lactones) is 1. The molecule has 0 radical (unpaired) electrons. The molecule has 1 heterocycles. The first-order valence-electron chi connectivity index (χ1n) is 4.00. The Bertz CT molecular complexity index is 191. The molecule has 1 fully saturated rings. The Balaban J connectivity index is 2.29. The molecule has 0 aromatic carbocycles. The van der Waals surface area contributed by atoms with Crippen molar-refractivity contribution < 1.29 is 14.3 Å². The number of hydrogen-bond donors (Lipinski definition) is 0. The van der Waals surface area contributed by atoms with Crippen molar-refractivity contribution in [1.82, 2.24) is 0 Å². The summed E-state index contributed by atoms with van der Waals surface area (Å²) in [4.78, 5) is 21.7. The van der Waals surface area contributed by atoms with Crippen LogP contribution in [0.5, 0.6) is 0 Å². The maximum atomic E-state index is 11.1. The van der Waals surface area contributed by atoms with Gasteiger partial charge in [0.25, 0.3) is 0 Å². The van der Waals surface area contributed by atoms with Crippen LogP contribution in [0.25, 0.3) is 0 Å². The maximum absolute atomic E-state index is 11.1. The predicted octanol–water partition coefficient (Wildman–Crippen LogP) is 1.22. The van der Waals surface area contributed by atoms with Gasteiger partial charge in [0.15, 0.2) is 5.12 Å². The van der Waals surface area contributed by atoms with Gasteiger partial charge in [-0.1, -0.05) is 11.8 Å². The summed E-state index contributed by atoms with van der Waals surface area (Å²) in [7, 11) is 0. The molecule has 0 aliphatic carbocycles. The monoisotopic (exact) mass is 188 g/mol. The maximum Gasteiger partial charge on any atom is 0.309 e. The molecule has 1 unspecified atom stereocenters. The molecule has 0 saturated carbocycles. The minimum atomic E-state index is -0.144. The standard InChI is InChI=1S/C8H12O3S/c1-6(9)12-5-7-3-2-4-11-8(7)10/h7H,2-5H2,1H3. The SMILES string of the molecule is CC(=O)SCC1CCCOC1=O. The summed E-state index contributed by atoms with van der Waals surface area (Å²) in [6, 6.07) is 0. The van der Waals surface area contributed by atoms with Crippen LogP contribution in [-0.4, -0.2) is 23.4 Å². The molecule has 0 N–H and O–H groups in total. The highest BCUT2D eigenvalue weighted by atomic mass is 32.2. The van der Waals surface area contributed by atoms with Gasteiger partial charge in [-0.2, -0.15) is 0 Å². The van der Waals surface area contributed by atoms with Crippen LogP contribution in [0.2, 0.25) is 0 Å². The zero-order valence-corrected chi connectivity index (χ0v) is 7.86. The van der Waals surface area contributed by atoms with Crippen molar-refractivity contribution in [3.05, 3.63) is 0 Å². The summed E-state index contributed by atoms with van der Waals surface area (Å²) >= 11 is 1.20. The molecule has 0 aromatic rings. The highest BCUT2D eigenvalue weighted by molar-refractivity contribution is 8.13. The molecule has 0 aromatic heterocycles. The van der Waals surface area contributed by atoms with Gasteiger partial charge < -0.3 is 4.74 Å². The van der Waals surface area contributed by atoms with Crippen LogP contribution in [0.3, 0.4) is 0 Å². The van der Waals surface area contributed by atoms with Crippen LogP contribution in [-0.2, 0) is 14.3 Å². The summed E-state index contributed by atoms with van der Waals surface area (Å²) in [5.41, 5.74) is 0. The van der Waals surface area contributed by atoms with Gasteiger partial charge in [0.05, 0.1) is 12.5 Å². The molecule has 1 aliphatic heterocycles. The first-order chi connectivity index (χ1) is 5.70. The lowest BCUT2D eigenvalue weighted by Gasteiger charge is -2.19. The molecule has 1 atom stereocenters. The second-order valence-corrected chi connectivity index (χ2v) is 4.01. The quantitative estimate of drug-likeness (QED) is 0.611. The first-order valence-corrected chi connectivity index (χ1v) is 4.98. The minimum Gasteiger partial charge on any atom is -0.465 e. The molecule has 68 valence electrons. The van der Waals surface area contributed by atoms with Gasteiger partial charge in [-0.15, -0.1) is 0 Å². The van der Waals surface area contributed by atoms with E-state index in [-0.39, 0.29) is 17.0 Å². The largest absolute Gasteiger partial charge is 0.465 e. The van der Waals surface area contributed by atoms with Gasteiger partial charge in [-0.05, 0) is 12.8 Å². The van der Waals surface area contributed by atoms with Gasteiger partial charge in [0, 0.05) is 12.7 Å². The highest BCUT2D eigenvalue weighted by Gasteiger charge is 2.24. The Morgan fingerprint density at radius 1 is 1.75 bits per heavy atom. The average molecular weight is 188 g/mol. The van der Waals surface area contributed by atoms with E-state index < -0.39 is 0 Å². The Morgan fingerprint density at radius 3 is 3.08 bits per heavy atom. The molecule has 0 amide bonds. The van der Waals surface area contributed by atoms with Crippen molar-refractivity contribution in [2.24, 2.45) is 5.92 Å². The Kier molecular flexibility index (Phi) is 3.59. The number of esters is 1. The number of carbonyl (C=O) groups excluding carboxylic acids is 2. The minimum absolute atomic E-state index is 0.0624. The second kappa shape index (κ2) is 4.50. The van der Waals surface area contributed by atoms with Crippen LogP contribution in [0.15, 0.2) is 0 Å². The smallest absolute Gasteiger partial charge is 0.309 e. The fourth-order valence-corrected chi connectivity index (χ4v) is 1.85. The van der Waals surface area contributed by atoms with Crippen molar-refractivity contribution in [3.63, 3.8) is 0 Å². The van der Waals surface area contributed by atoms with E-state index in [2.05, 4.69) is 0 Å². The van der Waals surface area contributed by atoms with E-state index in [0.29, 0.717) is 12.4 Å². The topological polar surface area (TPSA) is 43.4 Å². The summed E-state index contributed by atoms with van der Waals surface area (Å²) in [6.07, 6.45) is 1.79. The van der Waals surface area contributed by atoms with E-state index in [4.69, 9.17) is 4.74 Å². The third kappa shape index (κ3) is 2.85. The number of rotatable bonds is 2. The van der Waals surface area contributed by atoms with Gasteiger partial charge in [0.1, 0.15) is 0 Å². The average Bonchev–Trinajstić information content (AvgIpc) is 2.03. The number of thioether (sulfide) groups is 1. The Labute approximate surface area is 75.8 Å². The van der Waals surface area contributed by atoms with E-state index >= 15 is 0 Å². The normalized spacial score (nSPS) is 23.4. The Morgan fingerprint density at radius 2 is 2.50 bits per heavy atom. The fraction of sp³-hybridized carbons (Fsp3) is 0.750. The van der Waals surface area contributed by atoms with Gasteiger partial charge >= 0.3 is 5.97 Å². The van der Waals surface area contributed by atoms with Crippen LogP contribution >= 0.6 is 11.8 Å². The lowest BCUT2D eigenvalue weighted by atomic mass is 10.0. The fourth-order valence-electron chi connectivity index (χ4n) is 1.11. The van der Waals surface area contributed by atoms with Crippen molar-refractivity contribution in [1.29, 1.82) is 0 Å². The van der Waals surface area contributed by atoms with Gasteiger partial charge in [-0.25, -0.2) is 0 Å². The molecule has 3 nitrogen and oxygen atoms in total. The molecule has 4 heteroatoms. The van der Waals surface area contributed by atoms with E-state index in [1.54, 1.807) is 0 Å². The van der Waals surface area contributed by atoms with Crippen molar-refractivity contribution in [3.8, 4) is 0 Å². The van der Waals surface area contributed by atoms with Gasteiger partial charge in [-0.3, -0.25) is 9.59 Å². The van der Waals surface area contributed by atoms with Crippen molar-refractivity contribution in [2.75, 3.05) is 12.4 Å². The predicted molar refractivity (Wildman–Crippen MR) is 46.8 cm³/mol. The summed E-state index contributed by atoms with van der Waals surface area (Å²) in [6.45, 7) is 2.05. The van der Waals surface area contributed by atoms with Crippen molar-refractivity contribution >= 4 is 22.8 Å². The van der Waals surface area contributed by atoms with Crippen molar-refractivity contribution in [2.45, 2.75) is 19.8 Å². The first kappa shape index (κ1) is 9.58. The third-order valence-electron chi connectivity index (χ3n) is 1.76. The summed E-state index contributed by atoms with van der Waals surface area (Å²) in [5, 5.41) is 0.0633. The van der Waals surface area contributed by atoms with Gasteiger partial charge in [0.2, 0.25) is 0 Å². The molecule has 12 heavy (non-hydrogen) atoms. The van der Waals surface area contributed by atoms with E-state index in [0.717, 1.165) is 12.8 Å². The third-order valence-corrected chi connectivity index (χ3v) is 2.74.